The number of halogens is 4. The second kappa shape index (κ2) is 6.99. The van der Waals surface area contributed by atoms with Gasteiger partial charge < -0.3 is 4.74 Å². The molecule has 0 radical (unpaired) electrons. The maximum absolute atomic E-state index is 12.2. The van der Waals surface area contributed by atoms with E-state index in [0.717, 1.165) is 6.07 Å². The molecule has 0 saturated heterocycles. The highest BCUT2D eigenvalue weighted by Crippen LogP contribution is 2.29. The minimum absolute atomic E-state index is 0.0416. The first-order valence-electron chi connectivity index (χ1n) is 5.37. The first kappa shape index (κ1) is 16.1. The first-order chi connectivity index (χ1) is 9.31. The fourth-order valence-corrected chi connectivity index (χ4v) is 1.11. The third-order valence-electron chi connectivity index (χ3n) is 1.87. The topological polar surface area (TPSA) is 59.9 Å². The van der Waals surface area contributed by atoms with Gasteiger partial charge in [-0.05, 0) is 12.1 Å². The SMILES string of the molecule is CC/C(Cl)=N\OC(=O)Nc1ccccc1OC(F)(F)F. The number of para-hydroxylation sites is 2. The maximum atomic E-state index is 12.2. The lowest BCUT2D eigenvalue weighted by Gasteiger charge is -2.12. The molecule has 0 aliphatic heterocycles. The zero-order valence-corrected chi connectivity index (χ0v) is 11.0. The molecule has 0 atom stereocenters. The molecular weight excluding hydrogens is 301 g/mol. The summed E-state index contributed by atoms with van der Waals surface area (Å²) in [6.45, 7) is 1.68. The molecule has 110 valence electrons. The summed E-state index contributed by atoms with van der Waals surface area (Å²) in [7, 11) is 0. The number of carbonyl (C=O) groups is 1. The second-order valence-electron chi connectivity index (χ2n) is 3.37. The molecule has 1 N–H and O–H groups in total. The van der Waals surface area contributed by atoms with Crippen molar-refractivity contribution in [3.05, 3.63) is 24.3 Å². The molecule has 0 heterocycles. The van der Waals surface area contributed by atoms with Gasteiger partial charge in [0.15, 0.2) is 5.75 Å². The molecule has 1 aromatic rings. The van der Waals surface area contributed by atoms with Gasteiger partial charge in [0.05, 0.1) is 5.69 Å². The van der Waals surface area contributed by atoms with E-state index in [1.165, 1.54) is 18.2 Å². The molecule has 0 aliphatic carbocycles. The normalized spacial score (nSPS) is 11.9. The summed E-state index contributed by atoms with van der Waals surface area (Å²) in [4.78, 5) is 15.7. The van der Waals surface area contributed by atoms with Gasteiger partial charge in [-0.1, -0.05) is 35.8 Å². The van der Waals surface area contributed by atoms with Crippen LogP contribution in [0.25, 0.3) is 0 Å². The van der Waals surface area contributed by atoms with E-state index >= 15 is 0 Å². The van der Waals surface area contributed by atoms with Gasteiger partial charge in [0, 0.05) is 6.42 Å². The van der Waals surface area contributed by atoms with Crippen LogP contribution in [-0.2, 0) is 4.84 Å². The van der Waals surface area contributed by atoms with Gasteiger partial charge in [0.1, 0.15) is 5.17 Å². The van der Waals surface area contributed by atoms with Gasteiger partial charge >= 0.3 is 12.5 Å². The quantitative estimate of drug-likeness (QED) is 0.517. The number of amides is 1. The fourth-order valence-electron chi connectivity index (χ4n) is 1.07. The van der Waals surface area contributed by atoms with Gasteiger partial charge in [-0.15, -0.1) is 13.2 Å². The first-order valence-corrected chi connectivity index (χ1v) is 5.74. The minimum atomic E-state index is -4.87. The number of carbonyl (C=O) groups excluding carboxylic acids is 1. The predicted molar refractivity (Wildman–Crippen MR) is 66.8 cm³/mol. The average molecular weight is 311 g/mol. The molecular formula is C11H10ClF3N2O3. The van der Waals surface area contributed by atoms with E-state index in [-0.39, 0.29) is 10.9 Å². The highest BCUT2D eigenvalue weighted by atomic mass is 35.5. The van der Waals surface area contributed by atoms with Crippen LogP contribution < -0.4 is 10.1 Å². The molecule has 0 spiro atoms. The molecule has 0 fully saturated rings. The summed E-state index contributed by atoms with van der Waals surface area (Å²) in [5.74, 6) is -0.567. The number of nitrogens with one attached hydrogen (secondary N) is 1. The van der Waals surface area contributed by atoms with Crippen molar-refractivity contribution in [3.8, 4) is 5.75 Å². The van der Waals surface area contributed by atoms with Gasteiger partial charge in [-0.25, -0.2) is 4.79 Å². The Morgan fingerprint density at radius 2 is 2.05 bits per heavy atom. The Kier molecular flexibility index (Phi) is 5.63. The van der Waals surface area contributed by atoms with Crippen LogP contribution in [0.2, 0.25) is 0 Å². The van der Waals surface area contributed by atoms with Crippen molar-refractivity contribution in [3.63, 3.8) is 0 Å². The monoisotopic (exact) mass is 310 g/mol. The number of hydrogen-bond acceptors (Lipinski definition) is 4. The number of benzene rings is 1. The van der Waals surface area contributed by atoms with Crippen molar-refractivity contribution in [1.29, 1.82) is 0 Å². The fraction of sp³-hybridized carbons (Fsp3) is 0.273. The van der Waals surface area contributed by atoms with Crippen LogP contribution in [0, 0.1) is 0 Å². The van der Waals surface area contributed by atoms with E-state index in [9.17, 15) is 18.0 Å². The minimum Gasteiger partial charge on any atom is -0.404 e. The summed E-state index contributed by atoms with van der Waals surface area (Å²) in [5.41, 5.74) is -0.211. The van der Waals surface area contributed by atoms with Crippen LogP contribution >= 0.6 is 11.6 Å². The Morgan fingerprint density at radius 3 is 2.65 bits per heavy atom. The van der Waals surface area contributed by atoms with E-state index in [0.29, 0.717) is 6.42 Å². The highest BCUT2D eigenvalue weighted by molar-refractivity contribution is 6.65. The predicted octanol–water partition coefficient (Wildman–Crippen LogP) is 4.10. The van der Waals surface area contributed by atoms with Crippen molar-refractivity contribution in [1.82, 2.24) is 0 Å². The number of anilines is 1. The molecule has 20 heavy (non-hydrogen) atoms. The Hall–Kier alpha value is -1.96. The molecule has 1 rings (SSSR count). The summed E-state index contributed by atoms with van der Waals surface area (Å²) in [6, 6.07) is 5.00. The Morgan fingerprint density at radius 1 is 1.40 bits per heavy atom. The van der Waals surface area contributed by atoms with E-state index in [1.807, 2.05) is 0 Å². The standard InChI is InChI=1S/C11H10ClF3N2O3/c1-2-9(12)17-20-10(18)16-7-5-3-4-6-8(7)19-11(13,14)15/h3-6H,2H2,1H3,(H,16,18)/b17-9+. The number of alkyl halides is 3. The van der Waals surface area contributed by atoms with Crippen LogP contribution in [0.4, 0.5) is 23.7 Å². The van der Waals surface area contributed by atoms with Crippen molar-refractivity contribution < 1.29 is 27.5 Å². The number of rotatable bonds is 4. The Balaban J connectivity index is 2.75. The third-order valence-corrected chi connectivity index (χ3v) is 2.21. The summed E-state index contributed by atoms with van der Waals surface area (Å²) < 4.78 is 40.2. The zero-order valence-electron chi connectivity index (χ0n) is 10.2. The number of ether oxygens (including phenoxy) is 1. The lowest BCUT2D eigenvalue weighted by atomic mass is 10.3. The van der Waals surface area contributed by atoms with Crippen molar-refractivity contribution >= 4 is 28.6 Å². The van der Waals surface area contributed by atoms with Crippen LogP contribution in [0.3, 0.4) is 0 Å². The molecule has 9 heteroatoms. The van der Waals surface area contributed by atoms with E-state index in [4.69, 9.17) is 11.6 Å². The van der Waals surface area contributed by atoms with Gasteiger partial charge in [-0.3, -0.25) is 10.2 Å². The zero-order chi connectivity index (χ0) is 15.2. The Bertz CT molecular complexity index is 506. The van der Waals surface area contributed by atoms with Crippen LogP contribution in [0.1, 0.15) is 13.3 Å². The van der Waals surface area contributed by atoms with Crippen LogP contribution in [0.5, 0.6) is 5.75 Å². The summed E-state index contributed by atoms with van der Waals surface area (Å²) in [6.07, 6.45) is -5.61. The molecule has 5 nitrogen and oxygen atoms in total. The lowest BCUT2D eigenvalue weighted by Crippen LogP contribution is -2.19. The smallest absolute Gasteiger partial charge is 0.404 e. The van der Waals surface area contributed by atoms with Gasteiger partial charge in [0.2, 0.25) is 0 Å². The summed E-state index contributed by atoms with van der Waals surface area (Å²) >= 11 is 5.50. The van der Waals surface area contributed by atoms with E-state index in [1.54, 1.807) is 6.92 Å². The molecule has 0 aromatic heterocycles. The number of hydrogen-bond donors (Lipinski definition) is 1. The summed E-state index contributed by atoms with van der Waals surface area (Å²) in [5, 5.41) is 5.35. The van der Waals surface area contributed by atoms with Crippen LogP contribution in [-0.4, -0.2) is 17.6 Å². The lowest BCUT2D eigenvalue weighted by molar-refractivity contribution is -0.274. The second-order valence-corrected chi connectivity index (χ2v) is 3.81. The van der Waals surface area contributed by atoms with Crippen molar-refractivity contribution in [2.75, 3.05) is 5.32 Å². The van der Waals surface area contributed by atoms with Gasteiger partial charge in [-0.2, -0.15) is 0 Å². The highest BCUT2D eigenvalue weighted by Gasteiger charge is 2.32. The number of oxime groups is 1. The molecule has 1 aromatic carbocycles. The largest absolute Gasteiger partial charge is 0.573 e. The Labute approximate surface area is 117 Å². The molecule has 1 amide bonds. The number of nitrogens with zero attached hydrogens (tertiary/aromatic N) is 1. The molecule has 0 unspecified atom stereocenters. The molecule has 0 saturated carbocycles. The van der Waals surface area contributed by atoms with Gasteiger partial charge in [0.25, 0.3) is 0 Å². The average Bonchev–Trinajstić information content (AvgIpc) is 2.36. The van der Waals surface area contributed by atoms with E-state index < -0.39 is 18.2 Å². The third kappa shape index (κ3) is 5.79. The van der Waals surface area contributed by atoms with Crippen molar-refractivity contribution in [2.45, 2.75) is 19.7 Å². The van der Waals surface area contributed by atoms with Crippen LogP contribution in [0.15, 0.2) is 29.4 Å². The molecule has 0 aliphatic rings. The molecule has 0 bridgehead atoms. The maximum Gasteiger partial charge on any atom is 0.573 e. The van der Waals surface area contributed by atoms with E-state index in [2.05, 4.69) is 20.0 Å². The van der Waals surface area contributed by atoms with Crippen molar-refractivity contribution in [2.24, 2.45) is 5.16 Å².